The summed E-state index contributed by atoms with van der Waals surface area (Å²) in [6, 6.07) is 19.1. The monoisotopic (exact) mass is 534 g/mol. The van der Waals surface area contributed by atoms with Crippen LogP contribution in [-0.2, 0) is 9.59 Å². The zero-order chi connectivity index (χ0) is 24.0. The van der Waals surface area contributed by atoms with Crippen LogP contribution < -0.4 is 9.64 Å². The van der Waals surface area contributed by atoms with E-state index in [1.54, 1.807) is 31.4 Å². The molecule has 1 unspecified atom stereocenters. The van der Waals surface area contributed by atoms with Gasteiger partial charge in [-0.1, -0.05) is 45.5 Å². The van der Waals surface area contributed by atoms with Gasteiger partial charge in [-0.15, -0.1) is 0 Å². The van der Waals surface area contributed by atoms with Crippen LogP contribution in [0.4, 0.5) is 5.13 Å². The lowest BCUT2D eigenvalue weighted by Crippen LogP contribution is -2.29. The van der Waals surface area contributed by atoms with Crippen molar-refractivity contribution in [3.63, 3.8) is 0 Å². The number of aromatic nitrogens is 1. The molecule has 1 N–H and O–H groups in total. The summed E-state index contributed by atoms with van der Waals surface area (Å²) in [6.07, 6.45) is 0. The summed E-state index contributed by atoms with van der Waals surface area (Å²) in [5, 5.41) is 11.6. The van der Waals surface area contributed by atoms with Gasteiger partial charge in [0.05, 0.1) is 28.9 Å². The third-order valence-electron chi connectivity index (χ3n) is 5.71. The number of aliphatic hydroxyl groups excluding tert-OH is 1. The number of carbonyl (C=O) groups is 2. The molecule has 3 aromatic carbocycles. The molecular weight excluding hydrogens is 516 g/mol. The van der Waals surface area contributed by atoms with Gasteiger partial charge in [0.2, 0.25) is 0 Å². The van der Waals surface area contributed by atoms with Crippen LogP contribution in [0.3, 0.4) is 0 Å². The summed E-state index contributed by atoms with van der Waals surface area (Å²) in [7, 11) is 1.55. The van der Waals surface area contributed by atoms with Gasteiger partial charge in [-0.05, 0) is 66.6 Å². The molecular formula is C26H19BrN2O4S. The van der Waals surface area contributed by atoms with Crippen molar-refractivity contribution in [1.29, 1.82) is 0 Å². The molecule has 1 aromatic heterocycles. The Morgan fingerprint density at radius 1 is 1.09 bits per heavy atom. The van der Waals surface area contributed by atoms with Gasteiger partial charge in [-0.3, -0.25) is 14.5 Å². The molecule has 170 valence electrons. The van der Waals surface area contributed by atoms with Crippen LogP contribution in [0.1, 0.15) is 22.7 Å². The molecule has 0 spiro atoms. The normalized spacial score (nSPS) is 17.5. The van der Waals surface area contributed by atoms with Gasteiger partial charge in [0.25, 0.3) is 5.78 Å². The van der Waals surface area contributed by atoms with E-state index in [1.165, 1.54) is 16.2 Å². The number of fused-ring (bicyclic) bond motifs is 1. The average Bonchev–Trinajstić information content (AvgIpc) is 3.36. The molecule has 0 radical (unpaired) electrons. The Morgan fingerprint density at radius 3 is 2.56 bits per heavy atom. The highest BCUT2D eigenvalue weighted by Crippen LogP contribution is 2.44. The highest BCUT2D eigenvalue weighted by Gasteiger charge is 2.48. The minimum absolute atomic E-state index is 0.0173. The second kappa shape index (κ2) is 8.70. The summed E-state index contributed by atoms with van der Waals surface area (Å²) in [5.41, 5.74) is 2.94. The zero-order valence-electron chi connectivity index (χ0n) is 18.3. The first kappa shape index (κ1) is 22.3. The summed E-state index contributed by atoms with van der Waals surface area (Å²) in [6.45, 7) is 1.99. The third kappa shape index (κ3) is 3.78. The van der Waals surface area contributed by atoms with Gasteiger partial charge in [0.1, 0.15) is 11.5 Å². The molecule has 34 heavy (non-hydrogen) atoms. The van der Waals surface area contributed by atoms with Gasteiger partial charge in [-0.2, -0.15) is 0 Å². The van der Waals surface area contributed by atoms with Crippen molar-refractivity contribution in [2.24, 2.45) is 0 Å². The number of rotatable bonds is 4. The van der Waals surface area contributed by atoms with Crippen molar-refractivity contribution in [1.82, 2.24) is 4.98 Å². The van der Waals surface area contributed by atoms with E-state index in [-0.39, 0.29) is 11.3 Å². The Hall–Kier alpha value is -3.49. The summed E-state index contributed by atoms with van der Waals surface area (Å²) in [5.74, 6) is -1.11. The van der Waals surface area contributed by atoms with Crippen LogP contribution in [0.25, 0.3) is 16.0 Å². The van der Waals surface area contributed by atoms with Crippen LogP contribution in [0.15, 0.2) is 76.8 Å². The van der Waals surface area contributed by atoms with E-state index in [0.29, 0.717) is 22.0 Å². The number of hydrogen-bond acceptors (Lipinski definition) is 6. The highest BCUT2D eigenvalue weighted by atomic mass is 79.9. The maximum absolute atomic E-state index is 13.3. The van der Waals surface area contributed by atoms with Crippen molar-refractivity contribution in [2.75, 3.05) is 12.0 Å². The fourth-order valence-electron chi connectivity index (χ4n) is 4.05. The highest BCUT2D eigenvalue weighted by molar-refractivity contribution is 9.10. The first-order valence-electron chi connectivity index (χ1n) is 10.5. The first-order valence-corrected chi connectivity index (χ1v) is 12.1. The summed E-state index contributed by atoms with van der Waals surface area (Å²) >= 11 is 4.82. The topological polar surface area (TPSA) is 79.7 Å². The third-order valence-corrected chi connectivity index (χ3v) is 7.22. The predicted octanol–water partition coefficient (Wildman–Crippen LogP) is 6.00. The Bertz CT molecular complexity index is 1480. The van der Waals surface area contributed by atoms with Crippen molar-refractivity contribution >= 4 is 60.1 Å². The van der Waals surface area contributed by atoms with Crippen molar-refractivity contribution in [3.05, 3.63) is 93.5 Å². The van der Waals surface area contributed by atoms with Crippen molar-refractivity contribution in [3.8, 4) is 5.75 Å². The number of ketones is 1. The van der Waals surface area contributed by atoms with Crippen LogP contribution in [0.2, 0.25) is 0 Å². The molecule has 0 aliphatic carbocycles. The van der Waals surface area contributed by atoms with E-state index in [9.17, 15) is 14.7 Å². The van der Waals surface area contributed by atoms with Gasteiger partial charge in [0.15, 0.2) is 5.13 Å². The molecule has 0 saturated carbocycles. The van der Waals surface area contributed by atoms with E-state index < -0.39 is 17.7 Å². The number of amides is 1. The molecule has 1 saturated heterocycles. The van der Waals surface area contributed by atoms with Gasteiger partial charge in [0, 0.05) is 10.0 Å². The second-order valence-electron chi connectivity index (χ2n) is 7.92. The maximum Gasteiger partial charge on any atom is 0.301 e. The lowest BCUT2D eigenvalue weighted by molar-refractivity contribution is -0.132. The molecule has 1 fully saturated rings. The summed E-state index contributed by atoms with van der Waals surface area (Å²) < 4.78 is 6.90. The van der Waals surface area contributed by atoms with Crippen molar-refractivity contribution < 1.29 is 19.4 Å². The van der Waals surface area contributed by atoms with Gasteiger partial charge in [-0.25, -0.2) is 4.98 Å². The van der Waals surface area contributed by atoms with E-state index in [0.717, 1.165) is 20.3 Å². The molecule has 1 aliphatic rings. The Kier molecular flexibility index (Phi) is 5.71. The number of anilines is 1. The van der Waals surface area contributed by atoms with E-state index >= 15 is 0 Å². The second-order valence-corrected chi connectivity index (χ2v) is 9.84. The number of aryl methyl sites for hydroxylation is 1. The Balaban J connectivity index is 1.72. The molecule has 2 heterocycles. The fraction of sp³-hybridized carbons (Fsp3) is 0.115. The number of aliphatic hydroxyl groups is 1. The van der Waals surface area contributed by atoms with E-state index in [2.05, 4.69) is 20.9 Å². The predicted molar refractivity (Wildman–Crippen MR) is 136 cm³/mol. The largest absolute Gasteiger partial charge is 0.507 e. The minimum Gasteiger partial charge on any atom is -0.507 e. The first-order chi connectivity index (χ1) is 16.4. The molecule has 5 rings (SSSR count). The van der Waals surface area contributed by atoms with Crippen molar-refractivity contribution in [2.45, 2.75) is 13.0 Å². The SMILES string of the molecule is COc1ccc(/C(O)=C2\C(=O)C(=O)N(c3nc4ccc(C)cc4s3)C2c2cccc(Br)c2)cc1. The molecule has 1 aliphatic heterocycles. The van der Waals surface area contributed by atoms with E-state index in [4.69, 9.17) is 4.74 Å². The van der Waals surface area contributed by atoms with Crippen LogP contribution >= 0.6 is 27.3 Å². The standard InChI is InChI=1S/C26H19BrN2O4S/c1-14-6-11-19-20(12-14)34-26(28-19)29-22(16-4-3-5-17(27)13-16)21(24(31)25(29)32)23(30)15-7-9-18(33-2)10-8-15/h3-13,22,30H,1-2H3/b23-21+. The van der Waals surface area contributed by atoms with Gasteiger partial charge >= 0.3 is 5.91 Å². The fourth-order valence-corrected chi connectivity index (χ4v) is 5.56. The number of halogens is 1. The van der Waals surface area contributed by atoms with Gasteiger partial charge < -0.3 is 9.84 Å². The number of ether oxygens (including phenoxy) is 1. The minimum atomic E-state index is -0.832. The quantitative estimate of drug-likeness (QED) is 0.197. The number of nitrogens with zero attached hydrogens (tertiary/aromatic N) is 2. The Labute approximate surface area is 208 Å². The number of methoxy groups -OCH3 is 1. The number of benzene rings is 3. The lowest BCUT2D eigenvalue weighted by atomic mass is 9.95. The number of hydrogen-bond donors (Lipinski definition) is 1. The van der Waals surface area contributed by atoms with Crippen LogP contribution in [0.5, 0.6) is 5.75 Å². The molecule has 0 bridgehead atoms. The molecule has 1 amide bonds. The molecule has 6 nitrogen and oxygen atoms in total. The number of thiazole rings is 1. The van der Waals surface area contributed by atoms with Crippen LogP contribution in [0, 0.1) is 6.92 Å². The number of Topliss-reactive ketones (excluding diaryl/α,β-unsaturated/α-hetero) is 1. The van der Waals surface area contributed by atoms with Crippen LogP contribution in [-0.4, -0.2) is 28.9 Å². The molecule has 1 atom stereocenters. The zero-order valence-corrected chi connectivity index (χ0v) is 20.7. The number of carbonyl (C=O) groups excluding carboxylic acids is 2. The average molecular weight is 535 g/mol. The lowest BCUT2D eigenvalue weighted by Gasteiger charge is -2.23. The maximum atomic E-state index is 13.3. The molecule has 4 aromatic rings. The molecule has 8 heteroatoms. The summed E-state index contributed by atoms with van der Waals surface area (Å²) in [4.78, 5) is 32.7. The van der Waals surface area contributed by atoms with E-state index in [1.807, 2.05) is 49.4 Å². The Morgan fingerprint density at radius 2 is 1.85 bits per heavy atom. The smallest absolute Gasteiger partial charge is 0.301 e.